The molecule has 1 saturated heterocycles. The Bertz CT molecular complexity index is 1590. The second-order valence-electron chi connectivity index (χ2n) is 13.6. The number of aryl methyl sites for hydroxylation is 1. The highest BCUT2D eigenvalue weighted by Crippen LogP contribution is 2.20. The number of amides is 6. The predicted octanol–water partition coefficient (Wildman–Crippen LogP) is 4.04. The van der Waals surface area contributed by atoms with Gasteiger partial charge in [-0.1, -0.05) is 86.1 Å². The van der Waals surface area contributed by atoms with Gasteiger partial charge in [0.25, 0.3) is 0 Å². The Kier molecular flexibility index (Phi) is 13.8. The number of hydrogen-bond acceptors (Lipinski definition) is 7. The number of rotatable bonds is 14. The lowest BCUT2D eigenvalue weighted by Gasteiger charge is -2.32. The number of hydrogen-bond donors (Lipinski definition) is 5. The Morgan fingerprint density at radius 3 is 2.26 bits per heavy atom. The van der Waals surface area contributed by atoms with Crippen LogP contribution in [0.1, 0.15) is 57.6 Å². The molecule has 13 nitrogen and oxygen atoms in total. The second kappa shape index (κ2) is 18.2. The van der Waals surface area contributed by atoms with Crippen LogP contribution in [-0.4, -0.2) is 71.4 Å². The molecule has 0 spiro atoms. The van der Waals surface area contributed by atoms with E-state index < -0.39 is 35.8 Å². The van der Waals surface area contributed by atoms with Gasteiger partial charge in [0.15, 0.2) is 5.82 Å². The van der Waals surface area contributed by atoms with Gasteiger partial charge >= 0.3 is 6.03 Å². The molecule has 0 unspecified atom stereocenters. The Labute approximate surface area is 297 Å². The number of anilines is 1. The summed E-state index contributed by atoms with van der Waals surface area (Å²) in [5, 5.41) is 18.1. The summed E-state index contributed by atoms with van der Waals surface area (Å²) in [5.41, 5.74) is 1.49. The van der Waals surface area contributed by atoms with Crippen LogP contribution in [0.5, 0.6) is 0 Å². The number of piperidine rings is 1. The molecule has 0 bridgehead atoms. The summed E-state index contributed by atoms with van der Waals surface area (Å²) in [4.78, 5) is 68.0. The highest BCUT2D eigenvalue weighted by atomic mass is 35.5. The van der Waals surface area contributed by atoms with Gasteiger partial charge in [0, 0.05) is 43.2 Å². The van der Waals surface area contributed by atoms with Crippen molar-refractivity contribution in [3.63, 3.8) is 0 Å². The lowest BCUT2D eigenvalue weighted by molar-refractivity contribution is -0.131. The van der Waals surface area contributed by atoms with Gasteiger partial charge in [0.1, 0.15) is 18.3 Å². The van der Waals surface area contributed by atoms with Crippen molar-refractivity contribution in [3.05, 3.63) is 83.1 Å². The lowest BCUT2D eigenvalue weighted by Crippen LogP contribution is -2.57. The number of nitrogens with zero attached hydrogens (tertiary/aromatic N) is 2. The number of halogens is 1. The Hall–Kier alpha value is -4.91. The maximum atomic E-state index is 13.9. The summed E-state index contributed by atoms with van der Waals surface area (Å²) in [6, 6.07) is 15.4. The molecule has 1 aliphatic heterocycles. The minimum absolute atomic E-state index is 0.151. The van der Waals surface area contributed by atoms with E-state index in [0.717, 1.165) is 11.1 Å². The molecule has 50 heavy (non-hydrogen) atoms. The molecule has 0 radical (unpaired) electrons. The van der Waals surface area contributed by atoms with Crippen LogP contribution in [0.3, 0.4) is 0 Å². The molecule has 0 aliphatic carbocycles. The fourth-order valence-electron chi connectivity index (χ4n) is 5.37. The highest BCUT2D eigenvalue weighted by molar-refractivity contribution is 6.31. The molecule has 268 valence electrons. The first kappa shape index (κ1) is 37.9. The molecule has 1 aliphatic rings. The summed E-state index contributed by atoms with van der Waals surface area (Å²) in [5.74, 6) is -1.77. The molecule has 1 fully saturated rings. The third kappa shape index (κ3) is 12.2. The Morgan fingerprint density at radius 1 is 0.900 bits per heavy atom. The molecule has 3 aromatic rings. The number of carbonyl (C=O) groups is 5. The first-order valence-corrected chi connectivity index (χ1v) is 17.1. The molecule has 2 heterocycles. The number of benzene rings is 2. The average Bonchev–Trinajstić information content (AvgIpc) is 3.61. The van der Waals surface area contributed by atoms with Crippen LogP contribution in [0.25, 0.3) is 0 Å². The molecule has 2 aromatic carbocycles. The topological polar surface area (TPSA) is 175 Å². The highest BCUT2D eigenvalue weighted by Gasteiger charge is 2.32. The van der Waals surface area contributed by atoms with Gasteiger partial charge in [-0.3, -0.25) is 19.2 Å². The summed E-state index contributed by atoms with van der Waals surface area (Å²) < 4.78 is 4.76. The van der Waals surface area contributed by atoms with E-state index in [1.807, 2.05) is 57.2 Å². The SMILES string of the molecule is CC(C)(C)CNC(=O)C[C@H](NC(=O)N1CCC(C(=O)Nc2ccon2)CC1)C(=O)N[C@@H](CCc1ccccc1)C(=O)NCc1ccccc1Cl. The van der Waals surface area contributed by atoms with E-state index in [4.69, 9.17) is 16.1 Å². The summed E-state index contributed by atoms with van der Waals surface area (Å²) >= 11 is 6.29. The first-order valence-electron chi connectivity index (χ1n) is 16.8. The van der Waals surface area contributed by atoms with Crippen molar-refractivity contribution in [1.29, 1.82) is 0 Å². The summed E-state index contributed by atoms with van der Waals surface area (Å²) in [6.07, 6.45) is 2.58. The van der Waals surface area contributed by atoms with E-state index in [9.17, 15) is 24.0 Å². The summed E-state index contributed by atoms with van der Waals surface area (Å²) in [6.45, 7) is 6.93. The van der Waals surface area contributed by atoms with Crippen LogP contribution in [0, 0.1) is 11.3 Å². The van der Waals surface area contributed by atoms with Crippen molar-refractivity contribution >= 4 is 47.1 Å². The van der Waals surface area contributed by atoms with Crippen molar-refractivity contribution in [2.24, 2.45) is 11.3 Å². The number of carbonyl (C=O) groups excluding carboxylic acids is 5. The zero-order valence-corrected chi connectivity index (χ0v) is 29.4. The van der Waals surface area contributed by atoms with Gasteiger partial charge in [-0.2, -0.15) is 0 Å². The second-order valence-corrected chi connectivity index (χ2v) is 14.0. The molecule has 4 rings (SSSR count). The Morgan fingerprint density at radius 2 is 1.60 bits per heavy atom. The third-order valence-electron chi connectivity index (χ3n) is 8.27. The molecule has 6 amide bonds. The lowest BCUT2D eigenvalue weighted by atomic mass is 9.96. The molecule has 14 heteroatoms. The minimum Gasteiger partial charge on any atom is -0.363 e. The van der Waals surface area contributed by atoms with Gasteiger partial charge in [-0.25, -0.2) is 4.79 Å². The van der Waals surface area contributed by atoms with Crippen molar-refractivity contribution in [3.8, 4) is 0 Å². The average molecular weight is 708 g/mol. The first-order chi connectivity index (χ1) is 23.9. The third-order valence-corrected chi connectivity index (χ3v) is 8.64. The van der Waals surface area contributed by atoms with Gasteiger partial charge in [0.2, 0.25) is 23.6 Å². The number of urea groups is 1. The number of nitrogens with one attached hydrogen (secondary N) is 5. The van der Waals surface area contributed by atoms with E-state index in [1.54, 1.807) is 18.2 Å². The van der Waals surface area contributed by atoms with Crippen molar-refractivity contribution in [1.82, 2.24) is 31.3 Å². The number of aromatic nitrogens is 1. The van der Waals surface area contributed by atoms with E-state index >= 15 is 0 Å². The van der Waals surface area contributed by atoms with Crippen LogP contribution in [0.4, 0.5) is 10.6 Å². The van der Waals surface area contributed by atoms with Crippen LogP contribution in [0.15, 0.2) is 71.4 Å². The van der Waals surface area contributed by atoms with Gasteiger partial charge in [0.05, 0.1) is 6.42 Å². The predicted molar refractivity (Wildman–Crippen MR) is 189 cm³/mol. The standard InChI is InChI=1S/C36H46ClN7O6/c1-36(2,3)23-39-31(45)21-29(41-35(49)44-18-15-25(16-19-44)32(46)42-30-17-20-50-43-30)34(48)40-28(14-13-24-9-5-4-6-10-24)33(47)38-22-26-11-7-8-12-27(26)37/h4-12,17,20,25,28-29H,13-16,18-19,21-23H2,1-3H3,(H,38,47)(H,39,45)(H,40,48)(H,41,49)(H,42,43,46)/t28-,29-/m0/s1. The van der Waals surface area contributed by atoms with Crippen molar-refractivity contribution < 1.29 is 28.5 Å². The zero-order chi connectivity index (χ0) is 36.1. The normalized spacial score (nSPS) is 14.6. The van der Waals surface area contributed by atoms with Gasteiger partial charge < -0.3 is 36.0 Å². The Balaban J connectivity index is 1.44. The molecule has 2 atom stereocenters. The van der Waals surface area contributed by atoms with Crippen LogP contribution in [0.2, 0.25) is 5.02 Å². The van der Waals surface area contributed by atoms with Crippen molar-refractivity contribution in [2.45, 2.75) is 71.5 Å². The van der Waals surface area contributed by atoms with Crippen LogP contribution >= 0.6 is 11.6 Å². The fraction of sp³-hybridized carbons (Fsp3) is 0.444. The quantitative estimate of drug-likeness (QED) is 0.168. The van der Waals surface area contributed by atoms with Crippen LogP contribution < -0.4 is 26.6 Å². The zero-order valence-electron chi connectivity index (χ0n) is 28.7. The maximum absolute atomic E-state index is 13.9. The molecule has 5 N–H and O–H groups in total. The largest absolute Gasteiger partial charge is 0.363 e. The van der Waals surface area contributed by atoms with Crippen LogP contribution in [-0.2, 0) is 32.1 Å². The van der Waals surface area contributed by atoms with E-state index in [1.165, 1.54) is 17.2 Å². The molecular formula is C36H46ClN7O6. The van der Waals surface area contributed by atoms with E-state index in [2.05, 4.69) is 31.7 Å². The van der Waals surface area contributed by atoms with E-state index in [-0.39, 0.29) is 49.7 Å². The molecule has 0 saturated carbocycles. The fourth-order valence-corrected chi connectivity index (χ4v) is 5.57. The summed E-state index contributed by atoms with van der Waals surface area (Å²) in [7, 11) is 0. The maximum Gasteiger partial charge on any atom is 0.318 e. The number of likely N-dealkylation sites (tertiary alicyclic amines) is 1. The van der Waals surface area contributed by atoms with Crippen molar-refractivity contribution in [2.75, 3.05) is 25.0 Å². The van der Waals surface area contributed by atoms with Gasteiger partial charge in [-0.05, 0) is 48.3 Å². The van der Waals surface area contributed by atoms with Gasteiger partial charge in [-0.15, -0.1) is 0 Å². The minimum atomic E-state index is -1.27. The van der Waals surface area contributed by atoms with E-state index in [0.29, 0.717) is 36.6 Å². The molecular weight excluding hydrogens is 662 g/mol. The monoisotopic (exact) mass is 707 g/mol. The smallest absolute Gasteiger partial charge is 0.318 e. The molecule has 1 aromatic heterocycles.